The topological polar surface area (TPSA) is 70.8 Å². The SMILES string of the molecule is COC(=O)c1c(N)cccc1C1COOC1. The van der Waals surface area contributed by atoms with Crippen LogP contribution >= 0.6 is 0 Å². The van der Waals surface area contributed by atoms with Gasteiger partial charge >= 0.3 is 5.97 Å². The maximum Gasteiger partial charge on any atom is 0.340 e. The predicted octanol–water partition coefficient (Wildman–Crippen LogP) is 1.10. The Morgan fingerprint density at radius 2 is 2.12 bits per heavy atom. The predicted molar refractivity (Wildman–Crippen MR) is 56.8 cm³/mol. The molecule has 16 heavy (non-hydrogen) atoms. The standard InChI is InChI=1S/C11H13NO4/c1-14-11(13)10-8(3-2-4-9(10)12)7-5-15-16-6-7/h2-4,7H,5-6,12H2,1H3. The van der Waals surface area contributed by atoms with Gasteiger partial charge < -0.3 is 10.5 Å². The lowest BCUT2D eigenvalue weighted by molar-refractivity contribution is -0.248. The van der Waals surface area contributed by atoms with E-state index in [1.165, 1.54) is 7.11 Å². The second kappa shape index (κ2) is 4.51. The lowest BCUT2D eigenvalue weighted by Crippen LogP contribution is -2.13. The minimum Gasteiger partial charge on any atom is -0.465 e. The van der Waals surface area contributed by atoms with Crippen molar-refractivity contribution in [3.8, 4) is 0 Å². The summed E-state index contributed by atoms with van der Waals surface area (Å²) < 4.78 is 4.72. The van der Waals surface area contributed by atoms with Crippen molar-refractivity contribution >= 4 is 11.7 Å². The van der Waals surface area contributed by atoms with E-state index in [0.29, 0.717) is 24.5 Å². The molecule has 2 N–H and O–H groups in total. The van der Waals surface area contributed by atoms with Crippen molar-refractivity contribution < 1.29 is 19.3 Å². The second-order valence-corrected chi connectivity index (χ2v) is 3.57. The Balaban J connectivity index is 2.43. The number of methoxy groups -OCH3 is 1. The maximum absolute atomic E-state index is 11.6. The van der Waals surface area contributed by atoms with Gasteiger partial charge in [0.05, 0.1) is 25.9 Å². The number of hydrogen-bond donors (Lipinski definition) is 1. The molecule has 1 aromatic carbocycles. The molecule has 1 heterocycles. The van der Waals surface area contributed by atoms with E-state index in [2.05, 4.69) is 0 Å². The van der Waals surface area contributed by atoms with Crippen molar-refractivity contribution in [1.29, 1.82) is 0 Å². The lowest BCUT2D eigenvalue weighted by Gasteiger charge is -2.13. The van der Waals surface area contributed by atoms with E-state index >= 15 is 0 Å². The van der Waals surface area contributed by atoms with Crippen LogP contribution in [0, 0.1) is 0 Å². The quantitative estimate of drug-likeness (QED) is 0.462. The van der Waals surface area contributed by atoms with Gasteiger partial charge in [-0.15, -0.1) is 0 Å². The Labute approximate surface area is 93.0 Å². The number of benzene rings is 1. The lowest BCUT2D eigenvalue weighted by atomic mass is 9.94. The number of nitrogens with two attached hydrogens (primary N) is 1. The fourth-order valence-corrected chi connectivity index (χ4v) is 1.75. The monoisotopic (exact) mass is 223 g/mol. The van der Waals surface area contributed by atoms with Crippen LogP contribution in [0.15, 0.2) is 18.2 Å². The highest BCUT2D eigenvalue weighted by atomic mass is 17.2. The van der Waals surface area contributed by atoms with Gasteiger partial charge in [0.15, 0.2) is 0 Å². The fourth-order valence-electron chi connectivity index (χ4n) is 1.75. The highest BCUT2D eigenvalue weighted by Crippen LogP contribution is 2.28. The molecule has 1 saturated heterocycles. The molecule has 0 bridgehead atoms. The molecule has 5 nitrogen and oxygen atoms in total. The van der Waals surface area contributed by atoms with Crippen LogP contribution in [0.3, 0.4) is 0 Å². The second-order valence-electron chi connectivity index (χ2n) is 3.57. The van der Waals surface area contributed by atoms with Gasteiger partial charge in [-0.3, -0.25) is 0 Å². The van der Waals surface area contributed by atoms with Crippen LogP contribution in [0.2, 0.25) is 0 Å². The zero-order valence-electron chi connectivity index (χ0n) is 8.93. The molecule has 2 rings (SSSR count). The van der Waals surface area contributed by atoms with Gasteiger partial charge in [0, 0.05) is 11.6 Å². The molecule has 5 heteroatoms. The molecular formula is C11H13NO4. The third-order valence-corrected chi connectivity index (χ3v) is 2.58. The average Bonchev–Trinajstić information content (AvgIpc) is 2.81. The van der Waals surface area contributed by atoms with Gasteiger partial charge in [0.2, 0.25) is 0 Å². The van der Waals surface area contributed by atoms with E-state index in [1.807, 2.05) is 6.07 Å². The van der Waals surface area contributed by atoms with Gasteiger partial charge in [-0.1, -0.05) is 12.1 Å². The Morgan fingerprint density at radius 3 is 2.75 bits per heavy atom. The molecule has 0 unspecified atom stereocenters. The molecule has 0 radical (unpaired) electrons. The first-order valence-electron chi connectivity index (χ1n) is 4.95. The van der Waals surface area contributed by atoms with E-state index in [9.17, 15) is 4.79 Å². The van der Waals surface area contributed by atoms with Crippen LogP contribution in [0.25, 0.3) is 0 Å². The van der Waals surface area contributed by atoms with E-state index in [-0.39, 0.29) is 5.92 Å². The number of rotatable bonds is 2. The van der Waals surface area contributed by atoms with Crippen molar-refractivity contribution in [3.63, 3.8) is 0 Å². The first-order chi connectivity index (χ1) is 7.74. The van der Waals surface area contributed by atoms with Crippen LogP contribution in [-0.2, 0) is 14.5 Å². The largest absolute Gasteiger partial charge is 0.465 e. The third kappa shape index (κ3) is 1.87. The molecule has 86 valence electrons. The molecule has 0 aliphatic carbocycles. The van der Waals surface area contributed by atoms with E-state index in [4.69, 9.17) is 20.2 Å². The van der Waals surface area contributed by atoms with E-state index < -0.39 is 5.97 Å². The maximum atomic E-state index is 11.6. The summed E-state index contributed by atoms with van der Waals surface area (Å²) >= 11 is 0. The number of carbonyl (C=O) groups excluding carboxylic acids is 1. The summed E-state index contributed by atoms with van der Waals surface area (Å²) in [4.78, 5) is 21.3. The zero-order valence-corrected chi connectivity index (χ0v) is 8.93. The van der Waals surface area contributed by atoms with Gasteiger partial charge in [0.25, 0.3) is 0 Å². The number of hydrogen-bond acceptors (Lipinski definition) is 5. The van der Waals surface area contributed by atoms with E-state index in [0.717, 1.165) is 5.56 Å². The van der Waals surface area contributed by atoms with Crippen LogP contribution in [0.5, 0.6) is 0 Å². The molecule has 1 aliphatic rings. The highest BCUT2D eigenvalue weighted by Gasteiger charge is 2.26. The summed E-state index contributed by atoms with van der Waals surface area (Å²) in [6, 6.07) is 5.31. The summed E-state index contributed by atoms with van der Waals surface area (Å²) in [5.74, 6) is -0.405. The van der Waals surface area contributed by atoms with Gasteiger partial charge in [-0.25, -0.2) is 14.6 Å². The molecular weight excluding hydrogens is 210 g/mol. The number of carbonyl (C=O) groups is 1. The summed E-state index contributed by atoms with van der Waals surface area (Å²) in [5, 5.41) is 0. The summed E-state index contributed by atoms with van der Waals surface area (Å²) in [6.45, 7) is 0.848. The number of anilines is 1. The first kappa shape index (κ1) is 10.9. The smallest absolute Gasteiger partial charge is 0.340 e. The van der Waals surface area contributed by atoms with Gasteiger partial charge in [0.1, 0.15) is 0 Å². The Kier molecular flexibility index (Phi) is 3.07. The fraction of sp³-hybridized carbons (Fsp3) is 0.364. The number of ether oxygens (including phenoxy) is 1. The van der Waals surface area contributed by atoms with Gasteiger partial charge in [-0.05, 0) is 11.6 Å². The summed E-state index contributed by atoms with van der Waals surface area (Å²) in [7, 11) is 1.33. The molecule has 1 aliphatic heterocycles. The third-order valence-electron chi connectivity index (χ3n) is 2.58. The van der Waals surface area contributed by atoms with Crippen molar-refractivity contribution in [2.75, 3.05) is 26.1 Å². The Morgan fingerprint density at radius 1 is 1.44 bits per heavy atom. The van der Waals surface area contributed by atoms with Crippen molar-refractivity contribution in [2.45, 2.75) is 5.92 Å². The first-order valence-corrected chi connectivity index (χ1v) is 4.95. The minimum atomic E-state index is -0.431. The Bertz CT molecular complexity index is 399. The molecule has 0 amide bonds. The molecule has 0 spiro atoms. The minimum absolute atomic E-state index is 0.0256. The van der Waals surface area contributed by atoms with E-state index in [1.54, 1.807) is 12.1 Å². The van der Waals surface area contributed by atoms with Crippen molar-refractivity contribution in [2.24, 2.45) is 0 Å². The van der Waals surface area contributed by atoms with Crippen LogP contribution in [-0.4, -0.2) is 26.3 Å². The number of esters is 1. The van der Waals surface area contributed by atoms with Crippen LogP contribution in [0.4, 0.5) is 5.69 Å². The molecule has 0 atom stereocenters. The molecule has 1 fully saturated rings. The van der Waals surface area contributed by atoms with Gasteiger partial charge in [-0.2, -0.15) is 0 Å². The molecule has 0 saturated carbocycles. The normalized spacial score (nSPS) is 16.3. The summed E-state index contributed by atoms with van der Waals surface area (Å²) in [5.41, 5.74) is 7.41. The van der Waals surface area contributed by atoms with Crippen molar-refractivity contribution in [1.82, 2.24) is 0 Å². The number of nitrogen functional groups attached to an aromatic ring is 1. The Hall–Kier alpha value is -1.59. The van der Waals surface area contributed by atoms with Crippen molar-refractivity contribution in [3.05, 3.63) is 29.3 Å². The van der Waals surface area contributed by atoms with Crippen LogP contribution < -0.4 is 5.73 Å². The average molecular weight is 223 g/mol. The van der Waals surface area contributed by atoms with Crippen LogP contribution in [0.1, 0.15) is 21.8 Å². The molecule has 1 aromatic rings. The highest BCUT2D eigenvalue weighted by molar-refractivity contribution is 5.96. The molecule has 0 aromatic heterocycles. The zero-order chi connectivity index (χ0) is 11.5. The summed E-state index contributed by atoms with van der Waals surface area (Å²) in [6.07, 6.45) is 0.